The van der Waals surface area contributed by atoms with Crippen molar-refractivity contribution in [1.29, 1.82) is 0 Å². The Balaban J connectivity index is 1.48. The third-order valence-electron chi connectivity index (χ3n) is 5.43. The minimum Gasteiger partial charge on any atom is -0.333 e. The largest absolute Gasteiger partial charge is 0.333 e. The Morgan fingerprint density at radius 1 is 1.03 bits per heavy atom. The van der Waals surface area contributed by atoms with Gasteiger partial charge in [0.25, 0.3) is 0 Å². The molecule has 1 N–H and O–H groups in total. The van der Waals surface area contributed by atoms with E-state index in [1.807, 2.05) is 86.1 Å². The predicted molar refractivity (Wildman–Crippen MR) is 138 cm³/mol. The van der Waals surface area contributed by atoms with E-state index < -0.39 is 0 Å². The van der Waals surface area contributed by atoms with Gasteiger partial charge in [-0.3, -0.25) is 9.59 Å². The van der Waals surface area contributed by atoms with Gasteiger partial charge in [0, 0.05) is 30.6 Å². The molecule has 34 heavy (non-hydrogen) atoms. The van der Waals surface area contributed by atoms with Crippen molar-refractivity contribution in [3.05, 3.63) is 95.0 Å². The van der Waals surface area contributed by atoms with E-state index in [1.165, 1.54) is 11.0 Å². The summed E-state index contributed by atoms with van der Waals surface area (Å²) in [6.45, 7) is 3.85. The summed E-state index contributed by atoms with van der Waals surface area (Å²) in [5, 5.41) is 9.66. The number of aromatic nitrogens is 2. The smallest absolute Gasteiger partial charge is 0.246 e. The zero-order valence-corrected chi connectivity index (χ0v) is 20.2. The first kappa shape index (κ1) is 23.2. The van der Waals surface area contributed by atoms with Gasteiger partial charge in [0.2, 0.25) is 11.8 Å². The molecule has 2 aromatic heterocycles. The van der Waals surface area contributed by atoms with Gasteiger partial charge in [0.05, 0.1) is 17.1 Å². The molecule has 6 nitrogen and oxygen atoms in total. The minimum absolute atomic E-state index is 0.0436. The van der Waals surface area contributed by atoms with Crippen molar-refractivity contribution in [2.24, 2.45) is 0 Å². The first-order chi connectivity index (χ1) is 16.4. The quantitative estimate of drug-likeness (QED) is 0.371. The van der Waals surface area contributed by atoms with Crippen molar-refractivity contribution in [2.75, 3.05) is 18.9 Å². The lowest BCUT2D eigenvalue weighted by molar-refractivity contribution is -0.129. The van der Waals surface area contributed by atoms with Crippen LogP contribution in [0, 0.1) is 13.8 Å². The first-order valence-corrected chi connectivity index (χ1v) is 11.8. The summed E-state index contributed by atoms with van der Waals surface area (Å²) in [6, 6.07) is 19.7. The number of rotatable bonds is 7. The van der Waals surface area contributed by atoms with Gasteiger partial charge in [-0.1, -0.05) is 42.5 Å². The maximum atomic E-state index is 12.7. The third-order valence-corrected chi connectivity index (χ3v) is 6.30. The highest BCUT2D eigenvalue weighted by atomic mass is 32.1. The number of nitrogens with zero attached hydrogens (tertiary/aromatic N) is 3. The summed E-state index contributed by atoms with van der Waals surface area (Å²) in [7, 11) is 1.62. The highest BCUT2D eigenvalue weighted by Crippen LogP contribution is 2.28. The number of hydrogen-bond donors (Lipinski definition) is 1. The molecule has 2 aromatic carbocycles. The zero-order valence-electron chi connectivity index (χ0n) is 19.4. The van der Waals surface area contributed by atoms with Gasteiger partial charge in [-0.25, -0.2) is 4.68 Å². The number of hydrogen-bond acceptors (Lipinski definition) is 4. The second-order valence-corrected chi connectivity index (χ2v) is 8.98. The van der Waals surface area contributed by atoms with E-state index >= 15 is 0 Å². The molecule has 0 saturated carbocycles. The summed E-state index contributed by atoms with van der Waals surface area (Å²) >= 11 is 1.59. The van der Waals surface area contributed by atoms with Crippen molar-refractivity contribution < 1.29 is 9.59 Å². The number of amides is 2. The van der Waals surface area contributed by atoms with Crippen LogP contribution in [0.3, 0.4) is 0 Å². The van der Waals surface area contributed by atoms with Gasteiger partial charge in [0.1, 0.15) is 5.69 Å². The van der Waals surface area contributed by atoms with Crippen LogP contribution in [-0.4, -0.2) is 40.1 Å². The van der Waals surface area contributed by atoms with E-state index in [4.69, 9.17) is 5.10 Å². The molecule has 0 radical (unpaired) electrons. The van der Waals surface area contributed by atoms with Gasteiger partial charge in [-0.2, -0.15) is 5.10 Å². The Labute approximate surface area is 203 Å². The van der Waals surface area contributed by atoms with E-state index in [0.29, 0.717) is 0 Å². The van der Waals surface area contributed by atoms with Gasteiger partial charge >= 0.3 is 0 Å². The van der Waals surface area contributed by atoms with Crippen molar-refractivity contribution in [1.82, 2.24) is 14.7 Å². The maximum absolute atomic E-state index is 12.7. The molecule has 7 heteroatoms. The second kappa shape index (κ2) is 10.3. The lowest BCUT2D eigenvalue weighted by atomic mass is 10.1. The summed E-state index contributed by atoms with van der Waals surface area (Å²) < 4.78 is 1.81. The molecule has 0 unspecified atom stereocenters. The Kier molecular flexibility index (Phi) is 7.04. The molecule has 172 valence electrons. The molecule has 4 aromatic rings. The third kappa shape index (κ3) is 5.32. The van der Waals surface area contributed by atoms with Crippen LogP contribution in [0.5, 0.6) is 0 Å². The SMILES string of the molecule is Cc1cccc(C)c1NC(=O)CN(C)C(=O)/C=C/c1cn(-c2ccccc2)nc1-c1cccs1. The zero-order chi connectivity index (χ0) is 24.1. The van der Waals surface area contributed by atoms with Gasteiger partial charge in [-0.05, 0) is 54.6 Å². The number of aryl methyl sites for hydroxylation is 2. The molecular weight excluding hydrogens is 444 g/mol. The molecule has 4 rings (SSSR count). The van der Waals surface area contributed by atoms with Gasteiger partial charge in [-0.15, -0.1) is 11.3 Å². The van der Waals surface area contributed by atoms with Crippen LogP contribution in [0.25, 0.3) is 22.3 Å². The molecule has 0 saturated heterocycles. The Bertz CT molecular complexity index is 1300. The number of anilines is 1. The monoisotopic (exact) mass is 470 g/mol. The van der Waals surface area contributed by atoms with Crippen molar-refractivity contribution in [2.45, 2.75) is 13.8 Å². The molecule has 2 heterocycles. The first-order valence-electron chi connectivity index (χ1n) is 10.9. The molecule has 0 aliphatic carbocycles. The topological polar surface area (TPSA) is 67.2 Å². The lowest BCUT2D eigenvalue weighted by Crippen LogP contribution is -2.34. The maximum Gasteiger partial charge on any atom is 0.246 e. The van der Waals surface area contributed by atoms with Gasteiger partial charge in [0.15, 0.2) is 0 Å². The number of carbonyl (C=O) groups excluding carboxylic acids is 2. The minimum atomic E-state index is -0.263. The average molecular weight is 471 g/mol. The number of carbonyl (C=O) groups is 2. The molecule has 0 aliphatic heterocycles. The van der Waals surface area contributed by atoms with Crippen LogP contribution in [-0.2, 0) is 9.59 Å². The standard InChI is InChI=1S/C27H26N4O2S/c1-19-9-7-10-20(2)26(19)28-24(32)18-30(3)25(33)15-14-21-17-31(22-11-5-4-6-12-22)29-27(21)23-13-8-16-34-23/h4-17H,18H2,1-3H3,(H,28,32)/b15-14+. The van der Waals surface area contributed by atoms with E-state index in [2.05, 4.69) is 5.32 Å². The predicted octanol–water partition coefficient (Wildman–Crippen LogP) is 5.33. The molecule has 0 aliphatic rings. The van der Waals surface area contributed by atoms with Crippen LogP contribution < -0.4 is 5.32 Å². The van der Waals surface area contributed by atoms with Crippen LogP contribution in [0.15, 0.2) is 78.3 Å². The number of likely N-dealkylation sites (N-methyl/N-ethyl adjacent to an activating group) is 1. The highest BCUT2D eigenvalue weighted by molar-refractivity contribution is 7.13. The average Bonchev–Trinajstić information content (AvgIpc) is 3.50. The lowest BCUT2D eigenvalue weighted by Gasteiger charge is -2.16. The van der Waals surface area contributed by atoms with E-state index in [1.54, 1.807) is 29.1 Å². The Morgan fingerprint density at radius 2 is 1.76 bits per heavy atom. The molecule has 0 fully saturated rings. The second-order valence-electron chi connectivity index (χ2n) is 8.03. The molecule has 0 bridgehead atoms. The normalized spacial score (nSPS) is 11.0. The fourth-order valence-corrected chi connectivity index (χ4v) is 4.33. The van der Waals surface area contributed by atoms with Crippen molar-refractivity contribution >= 4 is 34.9 Å². The van der Waals surface area contributed by atoms with Crippen molar-refractivity contribution in [3.63, 3.8) is 0 Å². The van der Waals surface area contributed by atoms with Crippen LogP contribution in [0.1, 0.15) is 16.7 Å². The summed E-state index contributed by atoms with van der Waals surface area (Å²) in [5.74, 6) is -0.501. The fourth-order valence-electron chi connectivity index (χ4n) is 3.60. The summed E-state index contributed by atoms with van der Waals surface area (Å²) in [5.41, 5.74) is 5.33. The number of nitrogens with one attached hydrogen (secondary N) is 1. The Hall–Kier alpha value is -3.97. The van der Waals surface area contributed by atoms with Crippen LogP contribution >= 0.6 is 11.3 Å². The highest BCUT2D eigenvalue weighted by Gasteiger charge is 2.15. The summed E-state index contributed by atoms with van der Waals surface area (Å²) in [4.78, 5) is 27.7. The Morgan fingerprint density at radius 3 is 2.44 bits per heavy atom. The molecule has 0 atom stereocenters. The molecular formula is C27H26N4O2S. The van der Waals surface area contributed by atoms with Crippen molar-refractivity contribution in [3.8, 4) is 16.3 Å². The molecule has 2 amide bonds. The van der Waals surface area contributed by atoms with Gasteiger partial charge < -0.3 is 10.2 Å². The summed E-state index contributed by atoms with van der Waals surface area (Å²) in [6.07, 6.45) is 5.14. The number of benzene rings is 2. The molecule has 0 spiro atoms. The van der Waals surface area contributed by atoms with E-state index in [-0.39, 0.29) is 18.4 Å². The van der Waals surface area contributed by atoms with Crippen LogP contribution in [0.2, 0.25) is 0 Å². The van der Waals surface area contributed by atoms with E-state index in [9.17, 15) is 9.59 Å². The fraction of sp³-hybridized carbons (Fsp3) is 0.148. The number of thiophene rings is 1. The van der Waals surface area contributed by atoms with E-state index in [0.717, 1.165) is 38.6 Å². The van der Waals surface area contributed by atoms with Crippen LogP contribution in [0.4, 0.5) is 5.69 Å². The number of para-hydroxylation sites is 2.